The number of nitrogens with one attached hydrogen (secondary N) is 1. The van der Waals surface area contributed by atoms with E-state index in [0.29, 0.717) is 19.5 Å². The lowest BCUT2D eigenvalue weighted by atomic mass is 9.97. The van der Waals surface area contributed by atoms with E-state index in [1.807, 2.05) is 19.9 Å². The van der Waals surface area contributed by atoms with E-state index in [1.54, 1.807) is 23.9 Å². The Hall–Kier alpha value is -2.18. The molecule has 0 spiro atoms. The Labute approximate surface area is 143 Å². The number of hydrogen-bond donors (Lipinski definition) is 1. The summed E-state index contributed by atoms with van der Waals surface area (Å²) < 4.78 is 0. The first-order valence-electron chi connectivity index (χ1n) is 8.42. The smallest absolute Gasteiger partial charge is 0.319 e. The van der Waals surface area contributed by atoms with Crippen LogP contribution >= 0.6 is 0 Å². The van der Waals surface area contributed by atoms with Gasteiger partial charge in [-0.05, 0) is 32.8 Å². The number of nitrogens with zero attached hydrogens (tertiary/aromatic N) is 4. The molecule has 3 amide bonds. The average molecular weight is 333 g/mol. The summed E-state index contributed by atoms with van der Waals surface area (Å²) in [6, 6.07) is 1.90. The molecule has 1 fully saturated rings. The van der Waals surface area contributed by atoms with Crippen LogP contribution in [0, 0.1) is 19.8 Å². The molecule has 2 rings (SSSR count). The molecule has 0 bridgehead atoms. The summed E-state index contributed by atoms with van der Waals surface area (Å²) >= 11 is 0. The SMILES string of the molecule is Cc1cc(C)nc(CCNC(=O)C2CCCN(C(=O)N(C)C)C2)n1. The Morgan fingerprint density at radius 1 is 1.29 bits per heavy atom. The fourth-order valence-electron chi connectivity index (χ4n) is 3.00. The van der Waals surface area contributed by atoms with Gasteiger partial charge in [0.05, 0.1) is 5.92 Å². The number of hydrogen-bond acceptors (Lipinski definition) is 4. The van der Waals surface area contributed by atoms with Crippen LogP contribution in [0.2, 0.25) is 0 Å². The number of rotatable bonds is 4. The molecular weight excluding hydrogens is 306 g/mol. The molecule has 7 heteroatoms. The van der Waals surface area contributed by atoms with Crippen molar-refractivity contribution < 1.29 is 9.59 Å². The highest BCUT2D eigenvalue weighted by Crippen LogP contribution is 2.17. The number of carbonyl (C=O) groups is 2. The minimum atomic E-state index is -0.136. The van der Waals surface area contributed by atoms with Crippen LogP contribution in [-0.4, -0.2) is 65.4 Å². The predicted molar refractivity (Wildman–Crippen MR) is 91.6 cm³/mol. The van der Waals surface area contributed by atoms with Gasteiger partial charge in [0.1, 0.15) is 5.82 Å². The van der Waals surface area contributed by atoms with Crippen LogP contribution in [0.4, 0.5) is 4.79 Å². The van der Waals surface area contributed by atoms with Crippen LogP contribution < -0.4 is 5.32 Å². The molecule has 1 aliphatic heterocycles. The van der Waals surface area contributed by atoms with Crippen LogP contribution in [-0.2, 0) is 11.2 Å². The zero-order valence-corrected chi connectivity index (χ0v) is 15.0. The van der Waals surface area contributed by atoms with Crippen molar-refractivity contribution in [2.75, 3.05) is 33.7 Å². The molecule has 1 atom stereocenters. The lowest BCUT2D eigenvalue weighted by molar-refractivity contribution is -0.126. The molecule has 0 saturated carbocycles. The van der Waals surface area contributed by atoms with Gasteiger partial charge in [0.2, 0.25) is 5.91 Å². The molecule has 1 aromatic heterocycles. The standard InChI is InChI=1S/C17H27N5O2/c1-12-10-13(2)20-15(19-12)7-8-18-16(23)14-6-5-9-22(11-14)17(24)21(3)4/h10,14H,5-9,11H2,1-4H3,(H,18,23). The average Bonchev–Trinajstić information content (AvgIpc) is 2.53. The maximum absolute atomic E-state index is 12.4. The van der Waals surface area contributed by atoms with Crippen molar-refractivity contribution in [1.29, 1.82) is 0 Å². The fourth-order valence-corrected chi connectivity index (χ4v) is 3.00. The summed E-state index contributed by atoms with van der Waals surface area (Å²) in [5, 5.41) is 2.96. The molecule has 2 heterocycles. The molecule has 0 radical (unpaired) electrons. The van der Waals surface area contributed by atoms with E-state index in [2.05, 4.69) is 15.3 Å². The first-order chi connectivity index (χ1) is 11.4. The van der Waals surface area contributed by atoms with Crippen LogP contribution in [0.1, 0.15) is 30.1 Å². The van der Waals surface area contributed by atoms with Gasteiger partial charge >= 0.3 is 6.03 Å². The summed E-state index contributed by atoms with van der Waals surface area (Å²) in [6.45, 7) is 5.60. The first kappa shape index (κ1) is 18.2. The van der Waals surface area contributed by atoms with Crippen molar-refractivity contribution in [2.45, 2.75) is 33.1 Å². The molecule has 1 aliphatic rings. The number of aromatic nitrogens is 2. The Balaban J connectivity index is 1.82. The molecule has 1 aromatic rings. The molecule has 132 valence electrons. The zero-order chi connectivity index (χ0) is 17.7. The van der Waals surface area contributed by atoms with Crippen molar-refractivity contribution in [3.05, 3.63) is 23.3 Å². The summed E-state index contributed by atoms with van der Waals surface area (Å²) in [7, 11) is 3.46. The number of likely N-dealkylation sites (tertiary alicyclic amines) is 1. The summed E-state index contributed by atoms with van der Waals surface area (Å²) in [5.74, 6) is 0.624. The van der Waals surface area contributed by atoms with Gasteiger partial charge in [-0.3, -0.25) is 4.79 Å². The molecule has 0 aromatic carbocycles. The minimum absolute atomic E-state index is 0.00984. The van der Waals surface area contributed by atoms with Crippen molar-refractivity contribution in [3.63, 3.8) is 0 Å². The van der Waals surface area contributed by atoms with Gasteiger partial charge in [0.25, 0.3) is 0 Å². The van der Waals surface area contributed by atoms with Crippen molar-refractivity contribution >= 4 is 11.9 Å². The van der Waals surface area contributed by atoms with Crippen LogP contribution in [0.5, 0.6) is 0 Å². The third-order valence-electron chi connectivity index (χ3n) is 4.12. The van der Waals surface area contributed by atoms with E-state index < -0.39 is 0 Å². The molecular formula is C17H27N5O2. The second-order valence-electron chi connectivity index (χ2n) is 6.57. The summed E-state index contributed by atoms with van der Waals surface area (Å²) in [5.41, 5.74) is 1.88. The van der Waals surface area contributed by atoms with E-state index in [0.717, 1.165) is 36.6 Å². The summed E-state index contributed by atoms with van der Waals surface area (Å²) in [4.78, 5) is 36.4. The van der Waals surface area contributed by atoms with E-state index in [1.165, 1.54) is 0 Å². The maximum atomic E-state index is 12.4. The van der Waals surface area contributed by atoms with Crippen molar-refractivity contribution in [2.24, 2.45) is 5.92 Å². The highest BCUT2D eigenvalue weighted by atomic mass is 16.2. The van der Waals surface area contributed by atoms with Gasteiger partial charge in [-0.1, -0.05) is 0 Å². The van der Waals surface area contributed by atoms with E-state index in [4.69, 9.17) is 0 Å². The van der Waals surface area contributed by atoms with Crippen LogP contribution in [0.3, 0.4) is 0 Å². The number of carbonyl (C=O) groups excluding carboxylic acids is 2. The van der Waals surface area contributed by atoms with Crippen molar-refractivity contribution in [1.82, 2.24) is 25.1 Å². The first-order valence-corrected chi connectivity index (χ1v) is 8.42. The van der Waals surface area contributed by atoms with Gasteiger partial charge in [0.15, 0.2) is 0 Å². The lowest BCUT2D eigenvalue weighted by Gasteiger charge is -2.33. The second kappa shape index (κ2) is 8.08. The zero-order valence-electron chi connectivity index (χ0n) is 15.0. The lowest BCUT2D eigenvalue weighted by Crippen LogP contribution is -2.48. The maximum Gasteiger partial charge on any atom is 0.319 e. The molecule has 7 nitrogen and oxygen atoms in total. The molecule has 24 heavy (non-hydrogen) atoms. The van der Waals surface area contributed by atoms with Crippen LogP contribution in [0.15, 0.2) is 6.07 Å². The van der Waals surface area contributed by atoms with Crippen LogP contribution in [0.25, 0.3) is 0 Å². The largest absolute Gasteiger partial charge is 0.355 e. The molecule has 1 saturated heterocycles. The van der Waals surface area contributed by atoms with Gasteiger partial charge in [-0.2, -0.15) is 0 Å². The Morgan fingerprint density at radius 2 is 1.96 bits per heavy atom. The third-order valence-corrected chi connectivity index (χ3v) is 4.12. The Bertz CT molecular complexity index is 582. The van der Waals surface area contributed by atoms with Gasteiger partial charge in [-0.25, -0.2) is 14.8 Å². The van der Waals surface area contributed by atoms with Gasteiger partial charge in [0, 0.05) is 51.5 Å². The van der Waals surface area contributed by atoms with Gasteiger partial charge < -0.3 is 15.1 Å². The topological polar surface area (TPSA) is 78.4 Å². The van der Waals surface area contributed by atoms with Gasteiger partial charge in [-0.15, -0.1) is 0 Å². The molecule has 0 aliphatic carbocycles. The highest BCUT2D eigenvalue weighted by Gasteiger charge is 2.28. The van der Waals surface area contributed by atoms with E-state index in [-0.39, 0.29) is 17.9 Å². The number of amides is 3. The Kier molecular flexibility index (Phi) is 6.11. The Morgan fingerprint density at radius 3 is 2.58 bits per heavy atom. The molecule has 1 unspecified atom stereocenters. The number of piperidine rings is 1. The number of urea groups is 1. The van der Waals surface area contributed by atoms with Crippen molar-refractivity contribution in [3.8, 4) is 0 Å². The van der Waals surface area contributed by atoms with E-state index in [9.17, 15) is 9.59 Å². The quantitative estimate of drug-likeness (QED) is 0.896. The summed E-state index contributed by atoms with van der Waals surface area (Å²) in [6.07, 6.45) is 2.29. The second-order valence-corrected chi connectivity index (χ2v) is 6.57. The van der Waals surface area contributed by atoms with E-state index >= 15 is 0 Å². The molecule has 1 N–H and O–H groups in total. The monoisotopic (exact) mass is 333 g/mol. The third kappa shape index (κ3) is 4.91. The minimum Gasteiger partial charge on any atom is -0.355 e. The fraction of sp³-hybridized carbons (Fsp3) is 0.647. The predicted octanol–water partition coefficient (Wildman–Crippen LogP) is 1.15. The normalized spacial score (nSPS) is 17.5. The highest BCUT2D eigenvalue weighted by molar-refractivity contribution is 5.80. The number of aryl methyl sites for hydroxylation is 2.